The fourth-order valence-electron chi connectivity index (χ4n) is 4.52. The first-order valence-corrected chi connectivity index (χ1v) is 8.00. The number of carbonyl (C=O) groups excluding carboxylic acids is 2. The Morgan fingerprint density at radius 3 is 1.50 bits per heavy atom. The lowest BCUT2D eigenvalue weighted by atomic mass is 9.80. The molecule has 4 rings (SSSR count). The average molecular weight is 476 g/mol. The smallest absolute Gasteiger partial charge is 0.313 e. The van der Waals surface area contributed by atoms with Crippen molar-refractivity contribution < 1.29 is 19.1 Å². The van der Waals surface area contributed by atoms with E-state index in [0.717, 1.165) is 19.3 Å². The van der Waals surface area contributed by atoms with Crippen LogP contribution >= 0.6 is 45.2 Å². The zero-order valence-corrected chi connectivity index (χ0v) is 14.5. The summed E-state index contributed by atoms with van der Waals surface area (Å²) in [6, 6.07) is 0. The number of hydrogen-bond donors (Lipinski definition) is 0. The van der Waals surface area contributed by atoms with Crippen LogP contribution in [0.25, 0.3) is 0 Å². The maximum Gasteiger partial charge on any atom is 0.313 e. The molecule has 0 heterocycles. The Morgan fingerprint density at radius 1 is 0.833 bits per heavy atom. The van der Waals surface area contributed by atoms with E-state index in [0.29, 0.717) is 6.42 Å². The summed E-state index contributed by atoms with van der Waals surface area (Å²) < 4.78 is 9.75. The highest BCUT2D eigenvalue weighted by Gasteiger charge is 2.87. The van der Waals surface area contributed by atoms with Gasteiger partial charge in [-0.25, -0.2) is 0 Å². The first-order chi connectivity index (χ1) is 8.29. The van der Waals surface area contributed by atoms with Gasteiger partial charge in [0, 0.05) is 6.84 Å². The molecule has 0 saturated heterocycles. The van der Waals surface area contributed by atoms with Crippen molar-refractivity contribution in [3.8, 4) is 0 Å². The standard InChI is InChI=1S/C12H14I2O4/c1-17-7(15)9-3-10(8(16)18-2)5-11(9,13)6-12(10,14)4-9/h3-6H2,1-2H3/t9-,10-,11-,12-/m0/s1. The molecule has 18 heavy (non-hydrogen) atoms. The summed E-state index contributed by atoms with van der Waals surface area (Å²) in [4.78, 5) is 24.5. The van der Waals surface area contributed by atoms with Crippen LogP contribution in [0.4, 0.5) is 0 Å². The summed E-state index contributed by atoms with van der Waals surface area (Å²) in [6.45, 7) is 0. The summed E-state index contributed by atoms with van der Waals surface area (Å²) in [7, 11) is 2.87. The molecule has 4 nitrogen and oxygen atoms in total. The lowest BCUT2D eigenvalue weighted by Crippen LogP contribution is -2.41. The molecule has 4 aliphatic carbocycles. The van der Waals surface area contributed by atoms with E-state index in [1.165, 1.54) is 14.2 Å². The molecule has 0 aromatic carbocycles. The molecule has 4 aliphatic rings. The number of ether oxygens (including phenoxy) is 2. The van der Waals surface area contributed by atoms with Gasteiger partial charge in [0.25, 0.3) is 0 Å². The Hall–Kier alpha value is 0.400. The lowest BCUT2D eigenvalue weighted by Gasteiger charge is -2.32. The van der Waals surface area contributed by atoms with Gasteiger partial charge in [-0.3, -0.25) is 9.59 Å². The monoisotopic (exact) mass is 476 g/mol. The van der Waals surface area contributed by atoms with Gasteiger partial charge in [-0.1, -0.05) is 45.2 Å². The minimum absolute atomic E-state index is 0.146. The van der Waals surface area contributed by atoms with E-state index < -0.39 is 10.8 Å². The fraction of sp³-hybridized carbons (Fsp3) is 0.833. The van der Waals surface area contributed by atoms with E-state index in [9.17, 15) is 9.59 Å². The number of hydrogen-bond acceptors (Lipinski definition) is 4. The van der Waals surface area contributed by atoms with Crippen LogP contribution in [0.1, 0.15) is 25.7 Å². The molecule has 0 amide bonds. The van der Waals surface area contributed by atoms with E-state index in [1.807, 2.05) is 0 Å². The number of carbonyl (C=O) groups is 2. The zero-order valence-electron chi connectivity index (χ0n) is 10.2. The molecule has 0 aromatic heterocycles. The van der Waals surface area contributed by atoms with Crippen LogP contribution in [0.5, 0.6) is 0 Å². The third kappa shape index (κ3) is 1.14. The van der Waals surface area contributed by atoms with Gasteiger partial charge in [-0.15, -0.1) is 0 Å². The molecule has 4 atom stereocenters. The minimum Gasteiger partial charge on any atom is -0.469 e. The van der Waals surface area contributed by atoms with Gasteiger partial charge >= 0.3 is 11.9 Å². The van der Waals surface area contributed by atoms with Crippen LogP contribution in [-0.4, -0.2) is 33.0 Å². The van der Waals surface area contributed by atoms with Gasteiger partial charge < -0.3 is 9.47 Å². The maximum atomic E-state index is 12.2. The SMILES string of the molecule is COC(=O)[C@]12C[C@]3(I)C[C@@]1(I)C[C@]3(C(=O)OC)C2. The summed E-state index contributed by atoms with van der Waals surface area (Å²) in [5.41, 5.74) is -0.977. The van der Waals surface area contributed by atoms with Crippen LogP contribution in [0, 0.1) is 10.8 Å². The number of alkyl halides is 2. The second-order valence-electron chi connectivity index (χ2n) is 5.79. The summed E-state index contributed by atoms with van der Waals surface area (Å²) in [6.07, 6.45) is 2.97. The Kier molecular flexibility index (Phi) is 2.63. The third-order valence-electron chi connectivity index (χ3n) is 5.20. The Bertz CT molecular complexity index is 427. The molecule has 4 saturated carbocycles. The third-order valence-corrected chi connectivity index (χ3v) is 8.79. The number of halogens is 2. The largest absolute Gasteiger partial charge is 0.469 e. The van der Waals surface area contributed by atoms with E-state index in [4.69, 9.17) is 9.47 Å². The Balaban J connectivity index is 2.13. The number of methoxy groups -OCH3 is 2. The molecular weight excluding hydrogens is 462 g/mol. The molecular formula is C12H14I2O4. The first-order valence-electron chi connectivity index (χ1n) is 5.84. The molecule has 0 N–H and O–H groups in total. The van der Waals surface area contributed by atoms with Crippen LogP contribution in [-0.2, 0) is 19.1 Å². The molecule has 6 heteroatoms. The first kappa shape index (κ1) is 13.4. The predicted octanol–water partition coefficient (Wildman–Crippen LogP) is 2.25. The molecule has 4 bridgehead atoms. The number of esters is 2. The van der Waals surface area contributed by atoms with E-state index >= 15 is 0 Å². The highest BCUT2D eigenvalue weighted by molar-refractivity contribution is 14.1. The van der Waals surface area contributed by atoms with Crippen molar-refractivity contribution in [2.45, 2.75) is 32.5 Å². The van der Waals surface area contributed by atoms with E-state index in [1.54, 1.807) is 0 Å². The van der Waals surface area contributed by atoms with Gasteiger partial charge in [0.2, 0.25) is 0 Å². The van der Waals surface area contributed by atoms with Crippen molar-refractivity contribution in [3.63, 3.8) is 0 Å². The van der Waals surface area contributed by atoms with Crippen LogP contribution in [0.15, 0.2) is 0 Å². The van der Waals surface area contributed by atoms with Crippen molar-refractivity contribution in [1.29, 1.82) is 0 Å². The molecule has 0 spiro atoms. The van der Waals surface area contributed by atoms with E-state index in [2.05, 4.69) is 45.2 Å². The quantitative estimate of drug-likeness (QED) is 0.349. The van der Waals surface area contributed by atoms with Crippen molar-refractivity contribution in [2.75, 3.05) is 14.2 Å². The predicted molar refractivity (Wildman–Crippen MR) is 80.9 cm³/mol. The van der Waals surface area contributed by atoms with Crippen molar-refractivity contribution in [3.05, 3.63) is 0 Å². The van der Waals surface area contributed by atoms with Gasteiger partial charge in [-0.05, 0) is 25.7 Å². The molecule has 0 radical (unpaired) electrons. The van der Waals surface area contributed by atoms with Crippen LogP contribution in [0.3, 0.4) is 0 Å². The van der Waals surface area contributed by atoms with Crippen molar-refractivity contribution in [1.82, 2.24) is 0 Å². The topological polar surface area (TPSA) is 52.6 Å². The fourth-order valence-corrected chi connectivity index (χ4v) is 9.06. The Labute approximate surface area is 133 Å². The summed E-state index contributed by atoms with van der Waals surface area (Å²) in [5.74, 6) is -0.308. The highest BCUT2D eigenvalue weighted by atomic mass is 127. The molecule has 4 fully saturated rings. The van der Waals surface area contributed by atoms with Crippen molar-refractivity contribution in [2.24, 2.45) is 10.8 Å². The normalized spacial score (nSPS) is 51.8. The summed E-state index contributed by atoms with van der Waals surface area (Å²) in [5, 5.41) is 0. The van der Waals surface area contributed by atoms with Crippen molar-refractivity contribution >= 4 is 57.1 Å². The van der Waals surface area contributed by atoms with Gasteiger partial charge in [0.1, 0.15) is 0 Å². The molecule has 0 aromatic rings. The summed E-state index contributed by atoms with van der Waals surface area (Å²) >= 11 is 4.77. The van der Waals surface area contributed by atoms with Gasteiger partial charge in [0.15, 0.2) is 0 Å². The van der Waals surface area contributed by atoms with E-state index in [-0.39, 0.29) is 18.8 Å². The molecule has 0 unspecified atom stereocenters. The maximum absolute atomic E-state index is 12.2. The average Bonchev–Trinajstić information content (AvgIpc) is 2.87. The number of rotatable bonds is 2. The second kappa shape index (κ2) is 3.53. The van der Waals surface area contributed by atoms with Gasteiger partial charge in [-0.2, -0.15) is 0 Å². The lowest BCUT2D eigenvalue weighted by molar-refractivity contribution is -0.153. The highest BCUT2D eigenvalue weighted by Crippen LogP contribution is 2.84. The Morgan fingerprint density at radius 2 is 1.22 bits per heavy atom. The van der Waals surface area contributed by atoms with Crippen LogP contribution in [0.2, 0.25) is 0 Å². The van der Waals surface area contributed by atoms with Crippen LogP contribution < -0.4 is 0 Å². The zero-order chi connectivity index (χ0) is 13.4. The second-order valence-corrected chi connectivity index (χ2v) is 9.92. The van der Waals surface area contributed by atoms with Gasteiger partial charge in [0.05, 0.1) is 25.0 Å². The molecule has 100 valence electrons. The molecule has 0 aliphatic heterocycles. The minimum atomic E-state index is -0.488.